The van der Waals surface area contributed by atoms with Crippen LogP contribution in [0.4, 0.5) is 0 Å². The molecule has 0 heterocycles. The quantitative estimate of drug-likeness (QED) is 0.509. The Morgan fingerprint density at radius 2 is 1.80 bits per heavy atom. The average molecular weight is 140 g/mol. The Balaban J connectivity index is 2.16. The van der Waals surface area contributed by atoms with Crippen LogP contribution in [0.5, 0.6) is 0 Å². The Kier molecular flexibility index (Phi) is 1.29. The number of rotatable bonds is 0. The molecule has 2 saturated carbocycles. The number of fused-ring (bicyclic) bond motifs is 2. The van der Waals surface area contributed by atoms with E-state index >= 15 is 0 Å². The second-order valence-electron chi connectivity index (χ2n) is 4.03. The Labute approximate surface area is 62.0 Å². The van der Waals surface area contributed by atoms with Crippen LogP contribution in [0.2, 0.25) is 0 Å². The molecule has 0 radical (unpaired) electrons. The van der Waals surface area contributed by atoms with Gasteiger partial charge in [0.15, 0.2) is 0 Å². The van der Waals surface area contributed by atoms with Gasteiger partial charge in [-0.25, -0.2) is 0 Å². The van der Waals surface area contributed by atoms with Crippen LogP contribution in [0.15, 0.2) is 0 Å². The van der Waals surface area contributed by atoms with Crippen LogP contribution in [0.25, 0.3) is 0 Å². The Morgan fingerprint density at radius 3 is 2.20 bits per heavy atom. The molecular weight excluding hydrogens is 124 g/mol. The van der Waals surface area contributed by atoms with E-state index < -0.39 is 0 Å². The minimum absolute atomic E-state index is 0.300. The lowest BCUT2D eigenvalue weighted by Gasteiger charge is -2.28. The first-order valence-electron chi connectivity index (χ1n) is 4.21. The summed E-state index contributed by atoms with van der Waals surface area (Å²) in [5, 5.41) is 0. The molecule has 58 valence electrons. The van der Waals surface area contributed by atoms with Gasteiger partial charge >= 0.3 is 0 Å². The smallest absolute Gasteiger partial charge is 0.0226 e. The monoisotopic (exact) mass is 140 g/mol. The highest BCUT2D eigenvalue weighted by molar-refractivity contribution is 5.03. The van der Waals surface area contributed by atoms with Crippen LogP contribution in [0.1, 0.15) is 19.8 Å². The highest BCUT2D eigenvalue weighted by Gasteiger charge is 2.47. The fourth-order valence-corrected chi connectivity index (χ4v) is 2.78. The van der Waals surface area contributed by atoms with Crippen molar-refractivity contribution in [1.29, 1.82) is 0 Å². The molecule has 0 aromatic carbocycles. The van der Waals surface area contributed by atoms with Gasteiger partial charge in [-0.2, -0.15) is 0 Å². The third-order valence-electron chi connectivity index (χ3n) is 3.46. The lowest BCUT2D eigenvalue weighted by molar-refractivity contribution is 0.286. The average Bonchev–Trinajstić information content (AvgIpc) is 2.36. The van der Waals surface area contributed by atoms with Gasteiger partial charge in [0.2, 0.25) is 0 Å². The molecule has 0 aromatic heterocycles. The van der Waals surface area contributed by atoms with E-state index in [-0.39, 0.29) is 0 Å². The molecule has 2 nitrogen and oxygen atoms in total. The molecule has 4 N–H and O–H groups in total. The van der Waals surface area contributed by atoms with E-state index in [1.165, 1.54) is 12.8 Å². The molecule has 0 aliphatic heterocycles. The summed E-state index contributed by atoms with van der Waals surface area (Å²) in [6, 6.07) is 0.606. The van der Waals surface area contributed by atoms with Crippen molar-refractivity contribution in [3.8, 4) is 0 Å². The highest BCUT2D eigenvalue weighted by Crippen LogP contribution is 2.46. The zero-order chi connectivity index (χ0) is 7.30. The Bertz CT molecular complexity index is 144. The first kappa shape index (κ1) is 6.62. The topological polar surface area (TPSA) is 52.0 Å². The largest absolute Gasteiger partial charge is 0.326 e. The summed E-state index contributed by atoms with van der Waals surface area (Å²) in [5.41, 5.74) is 11.8. The summed E-state index contributed by atoms with van der Waals surface area (Å²) in [6.45, 7) is 2.30. The first-order valence-corrected chi connectivity index (χ1v) is 4.21. The van der Waals surface area contributed by atoms with E-state index in [0.29, 0.717) is 12.1 Å². The lowest BCUT2D eigenvalue weighted by atomic mass is 9.84. The predicted octanol–water partition coefficient (Wildman–Crippen LogP) is 0.317. The third kappa shape index (κ3) is 0.663. The Hall–Kier alpha value is -0.0800. The molecule has 0 aromatic rings. The number of hydrogen-bond acceptors (Lipinski definition) is 2. The van der Waals surface area contributed by atoms with Crippen molar-refractivity contribution in [2.75, 3.05) is 0 Å². The molecule has 2 heteroatoms. The van der Waals surface area contributed by atoms with Crippen molar-refractivity contribution in [3.63, 3.8) is 0 Å². The fraction of sp³-hybridized carbons (Fsp3) is 1.00. The molecule has 2 bridgehead atoms. The van der Waals surface area contributed by atoms with E-state index in [9.17, 15) is 0 Å². The van der Waals surface area contributed by atoms with Gasteiger partial charge in [0.25, 0.3) is 0 Å². The molecule has 2 aliphatic carbocycles. The maximum Gasteiger partial charge on any atom is 0.0226 e. The van der Waals surface area contributed by atoms with E-state index in [2.05, 4.69) is 6.92 Å². The van der Waals surface area contributed by atoms with Crippen LogP contribution in [-0.2, 0) is 0 Å². The molecule has 5 atom stereocenters. The maximum atomic E-state index is 5.93. The summed E-state index contributed by atoms with van der Waals surface area (Å²) in [5.74, 6) is 2.31. The van der Waals surface area contributed by atoms with Gasteiger partial charge in [-0.15, -0.1) is 0 Å². The fourth-order valence-electron chi connectivity index (χ4n) is 2.78. The van der Waals surface area contributed by atoms with Crippen molar-refractivity contribution < 1.29 is 0 Å². The molecule has 0 spiro atoms. The van der Waals surface area contributed by atoms with Crippen molar-refractivity contribution in [2.45, 2.75) is 31.8 Å². The molecule has 2 aliphatic rings. The van der Waals surface area contributed by atoms with Crippen LogP contribution in [0.3, 0.4) is 0 Å². The van der Waals surface area contributed by atoms with E-state index in [1.54, 1.807) is 0 Å². The minimum atomic E-state index is 0.300. The van der Waals surface area contributed by atoms with Crippen molar-refractivity contribution in [2.24, 2.45) is 29.2 Å². The van der Waals surface area contributed by atoms with Crippen LogP contribution >= 0.6 is 0 Å². The molecule has 2 rings (SSSR count). The van der Waals surface area contributed by atoms with Gasteiger partial charge in [0, 0.05) is 12.1 Å². The molecular formula is C8H16N2. The van der Waals surface area contributed by atoms with Crippen LogP contribution in [-0.4, -0.2) is 12.1 Å². The van der Waals surface area contributed by atoms with E-state index in [1.807, 2.05) is 0 Å². The van der Waals surface area contributed by atoms with Crippen LogP contribution in [0, 0.1) is 17.8 Å². The summed E-state index contributed by atoms with van der Waals surface area (Å²) >= 11 is 0. The number of nitrogens with two attached hydrogens (primary N) is 2. The summed E-state index contributed by atoms with van der Waals surface area (Å²) < 4.78 is 0. The summed E-state index contributed by atoms with van der Waals surface area (Å²) in [6.07, 6.45) is 2.61. The molecule has 0 saturated heterocycles. The highest BCUT2D eigenvalue weighted by atomic mass is 14.9. The standard InChI is InChI=1S/C8H16N2/c1-4-2-5-3-6(4)8(10)7(5)9/h4-8H,2-3,9-10H2,1H3. The van der Waals surface area contributed by atoms with Gasteiger partial charge in [-0.3, -0.25) is 0 Å². The lowest BCUT2D eigenvalue weighted by Crippen LogP contribution is -2.47. The second kappa shape index (κ2) is 1.95. The summed E-state index contributed by atoms with van der Waals surface area (Å²) in [7, 11) is 0. The summed E-state index contributed by atoms with van der Waals surface area (Å²) in [4.78, 5) is 0. The normalized spacial score (nSPS) is 59.7. The second-order valence-corrected chi connectivity index (χ2v) is 4.03. The van der Waals surface area contributed by atoms with Gasteiger partial charge in [-0.05, 0) is 30.6 Å². The van der Waals surface area contributed by atoms with Crippen molar-refractivity contribution in [1.82, 2.24) is 0 Å². The van der Waals surface area contributed by atoms with E-state index in [0.717, 1.165) is 17.8 Å². The zero-order valence-electron chi connectivity index (χ0n) is 6.46. The maximum absolute atomic E-state index is 5.93. The molecule has 0 amide bonds. The van der Waals surface area contributed by atoms with Gasteiger partial charge in [-0.1, -0.05) is 6.92 Å². The third-order valence-corrected chi connectivity index (χ3v) is 3.46. The van der Waals surface area contributed by atoms with Gasteiger partial charge in [0.05, 0.1) is 0 Å². The van der Waals surface area contributed by atoms with Crippen LogP contribution < -0.4 is 11.5 Å². The molecule has 2 fully saturated rings. The zero-order valence-corrected chi connectivity index (χ0v) is 6.46. The number of hydrogen-bond donors (Lipinski definition) is 2. The Morgan fingerprint density at radius 1 is 1.10 bits per heavy atom. The minimum Gasteiger partial charge on any atom is -0.326 e. The molecule has 5 unspecified atom stereocenters. The van der Waals surface area contributed by atoms with Crippen molar-refractivity contribution in [3.05, 3.63) is 0 Å². The van der Waals surface area contributed by atoms with Gasteiger partial charge < -0.3 is 11.5 Å². The van der Waals surface area contributed by atoms with Gasteiger partial charge in [0.1, 0.15) is 0 Å². The molecule has 10 heavy (non-hydrogen) atoms. The SMILES string of the molecule is CC1CC2CC1C(N)C2N. The first-order chi connectivity index (χ1) is 4.70. The van der Waals surface area contributed by atoms with E-state index in [4.69, 9.17) is 11.5 Å². The predicted molar refractivity (Wildman–Crippen MR) is 41.3 cm³/mol. The van der Waals surface area contributed by atoms with Crippen molar-refractivity contribution >= 4 is 0 Å².